The summed E-state index contributed by atoms with van der Waals surface area (Å²) in [6, 6.07) is 36.3. The van der Waals surface area contributed by atoms with Gasteiger partial charge in [-0.25, -0.2) is 0 Å². The first-order chi connectivity index (χ1) is 21.4. The van der Waals surface area contributed by atoms with Crippen molar-refractivity contribution >= 4 is 62.9 Å². The molecule has 0 bridgehead atoms. The molecule has 44 heavy (non-hydrogen) atoms. The summed E-state index contributed by atoms with van der Waals surface area (Å²) in [5.74, 6) is -1.08. The summed E-state index contributed by atoms with van der Waals surface area (Å²) >= 11 is 4.78. The molecule has 0 radical (unpaired) electrons. The van der Waals surface area contributed by atoms with Crippen LogP contribution in [0.2, 0.25) is 0 Å². The number of rotatable bonds is 10. The van der Waals surface area contributed by atoms with Crippen molar-refractivity contribution < 1.29 is 14.4 Å². The molecule has 1 heterocycles. The van der Waals surface area contributed by atoms with Gasteiger partial charge in [0.15, 0.2) is 0 Å². The highest BCUT2D eigenvalue weighted by Crippen LogP contribution is 2.37. The number of carbonyl (C=O) groups excluding carboxylic acids is 3. The summed E-state index contributed by atoms with van der Waals surface area (Å²) in [5, 5.41) is 8.06. The number of thioether (sulfide) groups is 1. The van der Waals surface area contributed by atoms with Gasteiger partial charge < -0.3 is 16.0 Å². The summed E-state index contributed by atoms with van der Waals surface area (Å²) in [7, 11) is 0. The van der Waals surface area contributed by atoms with Gasteiger partial charge in [-0.3, -0.25) is 19.4 Å². The normalized spacial score (nSPS) is 11.7. The van der Waals surface area contributed by atoms with Crippen molar-refractivity contribution in [2.45, 2.75) is 10.1 Å². The lowest BCUT2D eigenvalue weighted by Crippen LogP contribution is -2.30. The molecule has 218 valence electrons. The van der Waals surface area contributed by atoms with Crippen LogP contribution in [0.25, 0.3) is 6.08 Å². The van der Waals surface area contributed by atoms with Crippen LogP contribution < -0.4 is 16.0 Å². The van der Waals surface area contributed by atoms with Crippen LogP contribution >= 0.6 is 27.7 Å². The standard InChI is InChI=1S/C35H27BrN4O3S/c36-27-16-14-24(15-17-27)22-31(40-33(41)26-10-5-2-6-11-26)34(42)39-29-12-7-13-30(23-29)44-32(25-8-3-1-4-9-25)35(43)38-28-18-20-37-21-19-28/h1-23,32H,(H,39,42)(H,40,41)(H,37,38,43)/b31-22-. The van der Waals surface area contributed by atoms with Gasteiger partial charge in [0.1, 0.15) is 10.9 Å². The second-order valence-electron chi connectivity index (χ2n) is 9.55. The highest BCUT2D eigenvalue weighted by molar-refractivity contribution is 9.10. The van der Waals surface area contributed by atoms with E-state index < -0.39 is 17.1 Å². The van der Waals surface area contributed by atoms with Crippen molar-refractivity contribution in [3.63, 3.8) is 0 Å². The predicted molar refractivity (Wildman–Crippen MR) is 179 cm³/mol. The van der Waals surface area contributed by atoms with Crippen LogP contribution in [-0.2, 0) is 9.59 Å². The third-order valence-electron chi connectivity index (χ3n) is 6.34. The quantitative estimate of drug-likeness (QED) is 0.105. The molecule has 1 unspecified atom stereocenters. The van der Waals surface area contributed by atoms with Crippen LogP contribution in [0.4, 0.5) is 11.4 Å². The zero-order valence-electron chi connectivity index (χ0n) is 23.3. The summed E-state index contributed by atoms with van der Waals surface area (Å²) in [6.45, 7) is 0. The topological polar surface area (TPSA) is 100 Å². The van der Waals surface area contributed by atoms with Gasteiger partial charge in [-0.15, -0.1) is 11.8 Å². The molecule has 0 spiro atoms. The van der Waals surface area contributed by atoms with Crippen molar-refractivity contribution in [1.29, 1.82) is 0 Å². The summed E-state index contributed by atoms with van der Waals surface area (Å²) < 4.78 is 0.895. The van der Waals surface area contributed by atoms with E-state index in [0.29, 0.717) is 16.9 Å². The number of benzene rings is 4. The number of carbonyl (C=O) groups is 3. The van der Waals surface area contributed by atoms with E-state index in [9.17, 15) is 14.4 Å². The molecule has 0 aliphatic carbocycles. The van der Waals surface area contributed by atoms with E-state index in [0.717, 1.165) is 20.5 Å². The molecule has 9 heteroatoms. The molecule has 4 aromatic carbocycles. The average Bonchev–Trinajstić information content (AvgIpc) is 3.05. The fraction of sp³-hybridized carbons (Fsp3) is 0.0286. The molecule has 5 aromatic rings. The predicted octanol–water partition coefficient (Wildman–Crippen LogP) is 7.73. The monoisotopic (exact) mass is 662 g/mol. The minimum Gasteiger partial charge on any atom is -0.325 e. The molecule has 5 rings (SSSR count). The number of nitrogens with one attached hydrogen (secondary N) is 3. The van der Waals surface area contributed by atoms with E-state index in [1.807, 2.05) is 66.7 Å². The van der Waals surface area contributed by atoms with Gasteiger partial charge in [0.05, 0.1) is 0 Å². The lowest BCUT2D eigenvalue weighted by Gasteiger charge is -2.18. The molecule has 0 aliphatic heterocycles. The fourth-order valence-electron chi connectivity index (χ4n) is 4.19. The van der Waals surface area contributed by atoms with Crippen LogP contribution in [-0.4, -0.2) is 22.7 Å². The van der Waals surface area contributed by atoms with E-state index in [-0.39, 0.29) is 11.6 Å². The molecule has 7 nitrogen and oxygen atoms in total. The Morgan fingerprint density at radius 2 is 1.41 bits per heavy atom. The Balaban J connectivity index is 1.37. The highest BCUT2D eigenvalue weighted by atomic mass is 79.9. The third kappa shape index (κ3) is 8.53. The minimum atomic E-state index is -0.562. The van der Waals surface area contributed by atoms with Crippen LogP contribution in [0.5, 0.6) is 0 Å². The minimum absolute atomic E-state index is 0.0816. The van der Waals surface area contributed by atoms with Crippen molar-refractivity contribution in [3.8, 4) is 0 Å². The zero-order valence-corrected chi connectivity index (χ0v) is 25.7. The largest absolute Gasteiger partial charge is 0.325 e. The van der Waals surface area contributed by atoms with E-state index in [1.54, 1.807) is 73.1 Å². The maximum absolute atomic E-state index is 13.5. The second kappa shape index (κ2) is 15.0. The van der Waals surface area contributed by atoms with Crippen LogP contribution in [0, 0.1) is 0 Å². The van der Waals surface area contributed by atoms with E-state index in [2.05, 4.69) is 36.9 Å². The summed E-state index contributed by atoms with van der Waals surface area (Å²) in [6.07, 6.45) is 4.86. The van der Waals surface area contributed by atoms with Crippen molar-refractivity contribution in [2.24, 2.45) is 0 Å². The van der Waals surface area contributed by atoms with Gasteiger partial charge in [0.25, 0.3) is 11.8 Å². The molecule has 0 fully saturated rings. The maximum atomic E-state index is 13.5. The molecule has 0 saturated carbocycles. The first-order valence-corrected chi connectivity index (χ1v) is 15.3. The Hall–Kier alpha value is -4.99. The lowest BCUT2D eigenvalue weighted by atomic mass is 10.1. The number of nitrogens with zero attached hydrogens (tertiary/aromatic N) is 1. The second-order valence-corrected chi connectivity index (χ2v) is 11.6. The van der Waals surface area contributed by atoms with E-state index in [1.165, 1.54) is 11.8 Å². The molecular weight excluding hydrogens is 636 g/mol. The van der Waals surface area contributed by atoms with Gasteiger partial charge in [-0.1, -0.05) is 82.7 Å². The Morgan fingerprint density at radius 1 is 0.727 bits per heavy atom. The Morgan fingerprint density at radius 3 is 2.11 bits per heavy atom. The molecule has 0 saturated heterocycles. The van der Waals surface area contributed by atoms with E-state index >= 15 is 0 Å². The number of amides is 3. The Bertz CT molecular complexity index is 1770. The summed E-state index contributed by atoms with van der Waals surface area (Å²) in [5.41, 5.74) is 3.24. The number of aromatic nitrogens is 1. The molecule has 3 N–H and O–H groups in total. The van der Waals surface area contributed by atoms with Gasteiger partial charge >= 0.3 is 0 Å². The zero-order chi connectivity index (χ0) is 30.7. The van der Waals surface area contributed by atoms with Gasteiger partial charge in [-0.2, -0.15) is 0 Å². The fourth-order valence-corrected chi connectivity index (χ4v) is 5.54. The number of pyridine rings is 1. The lowest BCUT2D eigenvalue weighted by molar-refractivity contribution is -0.116. The third-order valence-corrected chi connectivity index (χ3v) is 8.12. The molecule has 1 aromatic heterocycles. The Kier molecular flexibility index (Phi) is 10.4. The molecular formula is C35H27BrN4O3S. The van der Waals surface area contributed by atoms with Crippen LogP contribution in [0.3, 0.4) is 0 Å². The van der Waals surface area contributed by atoms with Crippen molar-refractivity contribution in [3.05, 3.63) is 161 Å². The van der Waals surface area contributed by atoms with E-state index in [4.69, 9.17) is 0 Å². The number of hydrogen-bond acceptors (Lipinski definition) is 5. The van der Waals surface area contributed by atoms with Crippen molar-refractivity contribution in [2.75, 3.05) is 10.6 Å². The number of halogens is 1. The molecule has 3 amide bonds. The SMILES string of the molecule is O=C(Nc1cccc(SC(C(=O)Nc2ccncc2)c2ccccc2)c1)/C(=C/c1ccc(Br)cc1)NC(=O)c1ccccc1. The smallest absolute Gasteiger partial charge is 0.272 e. The average molecular weight is 664 g/mol. The van der Waals surface area contributed by atoms with Crippen LogP contribution in [0.1, 0.15) is 26.7 Å². The first-order valence-electron chi connectivity index (χ1n) is 13.6. The Labute approximate surface area is 268 Å². The molecule has 0 aliphatic rings. The van der Waals surface area contributed by atoms with Crippen LogP contribution in [0.15, 0.2) is 149 Å². The van der Waals surface area contributed by atoms with Gasteiger partial charge in [0, 0.05) is 38.7 Å². The number of anilines is 2. The maximum Gasteiger partial charge on any atom is 0.272 e. The molecule has 1 atom stereocenters. The number of hydrogen-bond donors (Lipinski definition) is 3. The highest BCUT2D eigenvalue weighted by Gasteiger charge is 2.23. The van der Waals surface area contributed by atoms with Gasteiger partial charge in [-0.05, 0) is 71.8 Å². The first kappa shape index (κ1) is 30.5. The van der Waals surface area contributed by atoms with Crippen molar-refractivity contribution in [1.82, 2.24) is 10.3 Å². The van der Waals surface area contributed by atoms with Gasteiger partial charge in [0.2, 0.25) is 5.91 Å². The summed E-state index contributed by atoms with van der Waals surface area (Å²) in [4.78, 5) is 44.7.